The van der Waals surface area contributed by atoms with Gasteiger partial charge in [0, 0.05) is 12.6 Å². The van der Waals surface area contributed by atoms with Gasteiger partial charge in [-0.15, -0.1) is 0 Å². The van der Waals surface area contributed by atoms with Crippen molar-refractivity contribution in [2.75, 3.05) is 19.7 Å². The molecule has 0 radical (unpaired) electrons. The Morgan fingerprint density at radius 2 is 2.15 bits per heavy atom. The summed E-state index contributed by atoms with van der Waals surface area (Å²) in [6, 6.07) is 1.13. The minimum Gasteiger partial charge on any atom is -0.476 e. The molecule has 2 atom stereocenters. The fourth-order valence-electron chi connectivity index (χ4n) is 3.33. The van der Waals surface area contributed by atoms with Crippen molar-refractivity contribution in [3.8, 4) is 5.88 Å². The molecule has 1 fully saturated rings. The molecule has 26 heavy (non-hydrogen) atoms. The molecule has 0 aliphatic carbocycles. The summed E-state index contributed by atoms with van der Waals surface area (Å²) in [6.45, 7) is 5.62. The van der Waals surface area contributed by atoms with E-state index in [0.717, 1.165) is 25.7 Å². The molecule has 2 heterocycles. The number of hydrogen-bond acceptors (Lipinski definition) is 6. The number of rotatable bonds is 10. The van der Waals surface area contributed by atoms with Crippen molar-refractivity contribution in [3.63, 3.8) is 0 Å². The maximum Gasteiger partial charge on any atom is 0.254 e. The zero-order valence-corrected chi connectivity index (χ0v) is 15.6. The number of aromatic nitrogens is 1. The molecule has 1 aromatic heterocycles. The Balaban J connectivity index is 2.03. The van der Waals surface area contributed by atoms with Crippen molar-refractivity contribution in [1.82, 2.24) is 10.1 Å². The highest BCUT2D eigenvalue weighted by atomic mass is 16.5. The number of ether oxygens (including phenoxy) is 1. The Morgan fingerprint density at radius 1 is 1.38 bits per heavy atom. The molecule has 4 N–H and O–H groups in total. The van der Waals surface area contributed by atoms with Gasteiger partial charge < -0.3 is 25.6 Å². The number of carbonyl (C=O) groups is 2. The summed E-state index contributed by atoms with van der Waals surface area (Å²) in [5.74, 6) is -0.306. The van der Waals surface area contributed by atoms with Crippen molar-refractivity contribution in [3.05, 3.63) is 11.8 Å². The Kier molecular flexibility index (Phi) is 7.44. The lowest BCUT2D eigenvalue weighted by Gasteiger charge is -2.27. The van der Waals surface area contributed by atoms with Gasteiger partial charge in [-0.2, -0.15) is 0 Å². The lowest BCUT2D eigenvalue weighted by atomic mass is 9.91. The minimum atomic E-state index is -0.537. The van der Waals surface area contributed by atoms with E-state index in [9.17, 15) is 9.59 Å². The van der Waals surface area contributed by atoms with E-state index in [1.165, 1.54) is 0 Å². The summed E-state index contributed by atoms with van der Waals surface area (Å²) < 4.78 is 11.0. The lowest BCUT2D eigenvalue weighted by molar-refractivity contribution is -0.139. The first kappa shape index (κ1) is 20.2. The Morgan fingerprint density at radius 3 is 2.81 bits per heavy atom. The van der Waals surface area contributed by atoms with E-state index < -0.39 is 17.9 Å². The predicted octanol–water partition coefficient (Wildman–Crippen LogP) is 1.40. The van der Waals surface area contributed by atoms with Gasteiger partial charge in [-0.25, -0.2) is 0 Å². The van der Waals surface area contributed by atoms with Crippen molar-refractivity contribution in [2.24, 2.45) is 17.4 Å². The summed E-state index contributed by atoms with van der Waals surface area (Å²) in [6.07, 6.45) is 4.24. The Hall–Kier alpha value is -2.09. The Bertz CT molecular complexity index is 602. The van der Waals surface area contributed by atoms with Crippen molar-refractivity contribution in [2.45, 2.75) is 57.9 Å². The van der Waals surface area contributed by atoms with Crippen LogP contribution in [0.1, 0.15) is 57.6 Å². The summed E-state index contributed by atoms with van der Waals surface area (Å²) >= 11 is 0. The van der Waals surface area contributed by atoms with Gasteiger partial charge >= 0.3 is 0 Å². The third kappa shape index (κ3) is 4.97. The molecule has 146 valence electrons. The molecule has 0 bridgehead atoms. The maximum absolute atomic E-state index is 13.0. The molecule has 0 spiro atoms. The largest absolute Gasteiger partial charge is 0.476 e. The van der Waals surface area contributed by atoms with Crippen molar-refractivity contribution < 1.29 is 18.8 Å². The van der Waals surface area contributed by atoms with Crippen LogP contribution in [0.3, 0.4) is 0 Å². The average molecular weight is 366 g/mol. The zero-order chi connectivity index (χ0) is 19.1. The van der Waals surface area contributed by atoms with E-state index in [-0.39, 0.29) is 11.8 Å². The van der Waals surface area contributed by atoms with Crippen LogP contribution in [0.2, 0.25) is 0 Å². The first-order valence-corrected chi connectivity index (χ1v) is 9.35. The van der Waals surface area contributed by atoms with Crippen LogP contribution in [-0.4, -0.2) is 47.6 Å². The number of unbranched alkanes of at least 4 members (excludes halogenated alkanes) is 2. The summed E-state index contributed by atoms with van der Waals surface area (Å²) in [4.78, 5) is 26.2. The molecular weight excluding hydrogens is 336 g/mol. The molecule has 1 aliphatic rings. The van der Waals surface area contributed by atoms with Gasteiger partial charge in [-0.05, 0) is 49.7 Å². The van der Waals surface area contributed by atoms with Crippen molar-refractivity contribution >= 4 is 11.8 Å². The quantitative estimate of drug-likeness (QED) is 0.603. The van der Waals surface area contributed by atoms with E-state index in [1.807, 2.05) is 13.8 Å². The van der Waals surface area contributed by atoms with Crippen LogP contribution in [0.25, 0.3) is 0 Å². The van der Waals surface area contributed by atoms with Crippen LogP contribution < -0.4 is 16.2 Å². The highest BCUT2D eigenvalue weighted by molar-refractivity contribution is 5.90. The molecule has 2 rings (SSSR count). The molecule has 8 heteroatoms. The number of primary amides is 1. The zero-order valence-electron chi connectivity index (χ0n) is 15.6. The number of nitrogens with zero attached hydrogens (tertiary/aromatic N) is 2. The number of amides is 2. The summed E-state index contributed by atoms with van der Waals surface area (Å²) in [5.41, 5.74) is 10.9. The van der Waals surface area contributed by atoms with Gasteiger partial charge in [-0.1, -0.05) is 13.8 Å². The van der Waals surface area contributed by atoms with Gasteiger partial charge in [0.25, 0.3) is 5.88 Å². The summed E-state index contributed by atoms with van der Waals surface area (Å²) in [5, 5.41) is 3.92. The second-order valence-electron chi connectivity index (χ2n) is 7.08. The predicted molar refractivity (Wildman–Crippen MR) is 96.4 cm³/mol. The molecule has 2 amide bonds. The number of hydrogen-bond donors (Lipinski definition) is 2. The fraction of sp³-hybridized carbons (Fsp3) is 0.722. The van der Waals surface area contributed by atoms with E-state index in [0.29, 0.717) is 37.8 Å². The van der Waals surface area contributed by atoms with Crippen LogP contribution in [0.15, 0.2) is 10.6 Å². The first-order valence-electron chi connectivity index (χ1n) is 9.35. The molecule has 0 saturated carbocycles. The van der Waals surface area contributed by atoms with Gasteiger partial charge in [0.05, 0.1) is 6.61 Å². The number of nitrogens with two attached hydrogens (primary N) is 2. The third-order valence-electron chi connectivity index (χ3n) is 4.71. The van der Waals surface area contributed by atoms with E-state index in [2.05, 4.69) is 5.16 Å². The van der Waals surface area contributed by atoms with Gasteiger partial charge in [-0.3, -0.25) is 9.59 Å². The monoisotopic (exact) mass is 366 g/mol. The highest BCUT2D eigenvalue weighted by Crippen LogP contribution is 2.32. The minimum absolute atomic E-state index is 0.0121. The van der Waals surface area contributed by atoms with Gasteiger partial charge in [0.15, 0.2) is 5.76 Å². The topological polar surface area (TPSA) is 125 Å². The molecule has 8 nitrogen and oxygen atoms in total. The molecule has 1 saturated heterocycles. The normalized spacial score (nSPS) is 18.3. The standard InChI is InChI=1S/C18H30N4O4/c1-12(2)16(18(24)22-9-6-7-13(22)17(20)23)14-11-15(21-26-14)25-10-5-3-4-8-19/h11-13,16H,3-10,19H2,1-2H3,(H2,20,23). The van der Waals surface area contributed by atoms with Crippen LogP contribution in [-0.2, 0) is 9.59 Å². The second kappa shape index (κ2) is 9.56. The molecule has 2 unspecified atom stereocenters. The van der Waals surface area contributed by atoms with Crippen molar-refractivity contribution in [1.29, 1.82) is 0 Å². The molecule has 0 aromatic carbocycles. The van der Waals surface area contributed by atoms with E-state index in [1.54, 1.807) is 11.0 Å². The third-order valence-corrected chi connectivity index (χ3v) is 4.71. The first-order chi connectivity index (χ1) is 12.5. The van der Waals surface area contributed by atoms with Crippen LogP contribution in [0.4, 0.5) is 0 Å². The van der Waals surface area contributed by atoms with E-state index in [4.69, 9.17) is 20.7 Å². The van der Waals surface area contributed by atoms with Gasteiger partial charge in [0.1, 0.15) is 12.0 Å². The second-order valence-corrected chi connectivity index (χ2v) is 7.08. The van der Waals surface area contributed by atoms with Crippen LogP contribution in [0, 0.1) is 5.92 Å². The lowest BCUT2D eigenvalue weighted by Crippen LogP contribution is -2.46. The van der Waals surface area contributed by atoms with Crippen LogP contribution in [0.5, 0.6) is 5.88 Å². The Labute approximate surface area is 154 Å². The van der Waals surface area contributed by atoms with Gasteiger partial charge in [0.2, 0.25) is 11.8 Å². The number of likely N-dealkylation sites (tertiary alicyclic amines) is 1. The smallest absolute Gasteiger partial charge is 0.254 e. The maximum atomic E-state index is 13.0. The SMILES string of the molecule is CC(C)C(C(=O)N1CCCC1C(N)=O)c1cc(OCCCCCN)no1. The molecule has 1 aliphatic heterocycles. The fourth-order valence-corrected chi connectivity index (χ4v) is 3.33. The summed E-state index contributed by atoms with van der Waals surface area (Å²) in [7, 11) is 0. The molecule has 1 aromatic rings. The average Bonchev–Trinajstić information content (AvgIpc) is 3.24. The van der Waals surface area contributed by atoms with E-state index >= 15 is 0 Å². The number of carbonyl (C=O) groups excluding carboxylic acids is 2. The molecular formula is C18H30N4O4. The highest BCUT2D eigenvalue weighted by Gasteiger charge is 2.39. The van der Waals surface area contributed by atoms with Crippen LogP contribution >= 0.6 is 0 Å².